The summed E-state index contributed by atoms with van der Waals surface area (Å²) in [7, 11) is 2.01. The first-order valence-corrected chi connectivity index (χ1v) is 8.18. The van der Waals surface area contributed by atoms with Crippen molar-refractivity contribution in [1.82, 2.24) is 5.32 Å². The Morgan fingerprint density at radius 3 is 2.58 bits per heavy atom. The molecule has 0 saturated carbocycles. The van der Waals surface area contributed by atoms with Gasteiger partial charge in [-0.25, -0.2) is 4.79 Å². The lowest BCUT2D eigenvalue weighted by atomic mass is 10.0. The van der Waals surface area contributed by atoms with Crippen LogP contribution in [-0.2, 0) is 0 Å². The number of nitrogens with one attached hydrogen (secondary N) is 2. The van der Waals surface area contributed by atoms with Crippen LogP contribution in [0.3, 0.4) is 0 Å². The first-order valence-electron chi connectivity index (χ1n) is 8.18. The van der Waals surface area contributed by atoms with Gasteiger partial charge in [0.05, 0.1) is 6.04 Å². The highest BCUT2D eigenvalue weighted by Crippen LogP contribution is 2.19. The van der Waals surface area contributed by atoms with Crippen LogP contribution in [-0.4, -0.2) is 31.3 Å². The summed E-state index contributed by atoms with van der Waals surface area (Å²) in [6.07, 6.45) is 0.468. The molecule has 0 spiro atoms. The Kier molecular flexibility index (Phi) is 6.63. The second-order valence-corrected chi connectivity index (χ2v) is 5.64. The van der Waals surface area contributed by atoms with Crippen molar-refractivity contribution >= 4 is 17.4 Å². The van der Waals surface area contributed by atoms with E-state index >= 15 is 0 Å². The number of aliphatic hydroxyl groups excluding tert-OH is 1. The Labute approximate surface area is 143 Å². The molecule has 0 aliphatic heterocycles. The van der Waals surface area contributed by atoms with Gasteiger partial charge in [-0.3, -0.25) is 0 Å². The smallest absolute Gasteiger partial charge is 0.319 e. The van der Waals surface area contributed by atoms with Crippen LogP contribution >= 0.6 is 0 Å². The van der Waals surface area contributed by atoms with Gasteiger partial charge in [-0.2, -0.15) is 0 Å². The quantitative estimate of drug-likeness (QED) is 0.730. The van der Waals surface area contributed by atoms with Crippen LogP contribution in [0.4, 0.5) is 16.2 Å². The van der Waals surface area contributed by atoms with E-state index in [9.17, 15) is 9.90 Å². The Bertz CT molecular complexity index is 646. The van der Waals surface area contributed by atoms with Gasteiger partial charge >= 0.3 is 6.03 Å². The number of carbonyl (C=O) groups is 1. The average Bonchev–Trinajstić information content (AvgIpc) is 2.61. The molecule has 0 aliphatic carbocycles. The van der Waals surface area contributed by atoms with Crippen molar-refractivity contribution in [2.75, 3.05) is 30.4 Å². The van der Waals surface area contributed by atoms with E-state index in [1.807, 2.05) is 61.6 Å². The first-order chi connectivity index (χ1) is 11.6. The summed E-state index contributed by atoms with van der Waals surface area (Å²) in [6.45, 7) is 2.98. The van der Waals surface area contributed by atoms with Crippen molar-refractivity contribution in [3.63, 3.8) is 0 Å². The van der Waals surface area contributed by atoms with Gasteiger partial charge in [0.15, 0.2) is 0 Å². The summed E-state index contributed by atoms with van der Waals surface area (Å²) in [6, 6.07) is 16.9. The number of benzene rings is 2. The number of hydrogen-bond donors (Lipinski definition) is 3. The van der Waals surface area contributed by atoms with Gasteiger partial charge in [-0.15, -0.1) is 0 Å². The van der Waals surface area contributed by atoms with Gasteiger partial charge in [0.25, 0.3) is 0 Å². The SMILES string of the molecule is CCN(C)c1cccc(NC(=O)N[C@H](CCO)c2ccccc2)c1. The zero-order valence-corrected chi connectivity index (χ0v) is 14.2. The van der Waals surface area contributed by atoms with Crippen molar-refractivity contribution in [3.8, 4) is 0 Å². The lowest BCUT2D eigenvalue weighted by molar-refractivity contribution is 0.239. The molecule has 5 heteroatoms. The van der Waals surface area contributed by atoms with Crippen molar-refractivity contribution in [3.05, 3.63) is 60.2 Å². The Morgan fingerprint density at radius 1 is 1.17 bits per heavy atom. The number of amides is 2. The van der Waals surface area contributed by atoms with Crippen LogP contribution in [0.2, 0.25) is 0 Å². The number of urea groups is 1. The molecule has 0 bridgehead atoms. The van der Waals surface area contributed by atoms with E-state index in [2.05, 4.69) is 22.5 Å². The summed E-state index contributed by atoms with van der Waals surface area (Å²) in [5, 5.41) is 15.0. The van der Waals surface area contributed by atoms with Gasteiger partial charge in [0.2, 0.25) is 0 Å². The lowest BCUT2D eigenvalue weighted by Crippen LogP contribution is -2.33. The molecule has 2 aromatic rings. The molecule has 0 unspecified atom stereocenters. The molecule has 1 atom stereocenters. The van der Waals surface area contributed by atoms with Gasteiger partial charge in [-0.1, -0.05) is 36.4 Å². The number of rotatable bonds is 7. The molecular weight excluding hydrogens is 302 g/mol. The minimum absolute atomic E-state index is 0.0105. The van der Waals surface area contributed by atoms with Crippen LogP contribution < -0.4 is 15.5 Å². The lowest BCUT2D eigenvalue weighted by Gasteiger charge is -2.20. The fraction of sp³-hybridized carbons (Fsp3) is 0.316. The molecule has 0 aromatic heterocycles. The van der Waals surface area contributed by atoms with Gasteiger partial charge in [-0.05, 0) is 37.1 Å². The average molecular weight is 327 g/mol. The summed E-state index contributed by atoms with van der Waals surface area (Å²) in [4.78, 5) is 14.4. The monoisotopic (exact) mass is 327 g/mol. The zero-order chi connectivity index (χ0) is 17.4. The predicted octanol–water partition coefficient (Wildman–Crippen LogP) is 3.39. The van der Waals surface area contributed by atoms with Gasteiger partial charge < -0.3 is 20.6 Å². The molecule has 24 heavy (non-hydrogen) atoms. The van der Waals surface area contributed by atoms with E-state index in [1.54, 1.807) is 0 Å². The van der Waals surface area contributed by atoms with E-state index in [-0.39, 0.29) is 18.7 Å². The first kappa shape index (κ1) is 17.8. The maximum Gasteiger partial charge on any atom is 0.319 e. The maximum absolute atomic E-state index is 12.3. The van der Waals surface area contributed by atoms with E-state index in [1.165, 1.54) is 0 Å². The van der Waals surface area contributed by atoms with Crippen LogP contribution in [0.25, 0.3) is 0 Å². The molecule has 128 valence electrons. The number of nitrogens with zero attached hydrogens (tertiary/aromatic N) is 1. The third-order valence-electron chi connectivity index (χ3n) is 3.94. The number of hydrogen-bond acceptors (Lipinski definition) is 3. The molecule has 0 heterocycles. The fourth-order valence-electron chi connectivity index (χ4n) is 2.47. The van der Waals surface area contributed by atoms with Crippen molar-refractivity contribution in [2.45, 2.75) is 19.4 Å². The standard InChI is InChI=1S/C19H25N3O2/c1-3-22(2)17-11-7-10-16(14-17)20-19(24)21-18(12-13-23)15-8-5-4-6-9-15/h4-11,14,18,23H,3,12-13H2,1-2H3,(H2,20,21,24)/t18-/m1/s1. The summed E-state index contributed by atoms with van der Waals surface area (Å²) in [5.41, 5.74) is 2.76. The highest BCUT2D eigenvalue weighted by Gasteiger charge is 2.14. The third-order valence-corrected chi connectivity index (χ3v) is 3.94. The molecule has 2 amide bonds. The highest BCUT2D eigenvalue weighted by molar-refractivity contribution is 5.90. The van der Waals surface area contributed by atoms with Crippen LogP contribution in [0.1, 0.15) is 24.9 Å². The molecule has 0 aliphatic rings. The van der Waals surface area contributed by atoms with Gasteiger partial charge in [0, 0.05) is 31.6 Å². The summed E-state index contributed by atoms with van der Waals surface area (Å²) >= 11 is 0. The molecule has 3 N–H and O–H groups in total. The molecule has 5 nitrogen and oxygen atoms in total. The topological polar surface area (TPSA) is 64.6 Å². The predicted molar refractivity (Wildman–Crippen MR) is 98.4 cm³/mol. The van der Waals surface area contributed by atoms with E-state index in [0.717, 1.165) is 23.5 Å². The minimum Gasteiger partial charge on any atom is -0.396 e. The Morgan fingerprint density at radius 2 is 1.92 bits per heavy atom. The second kappa shape index (κ2) is 8.93. The van der Waals surface area contributed by atoms with Crippen LogP contribution in [0, 0.1) is 0 Å². The summed E-state index contributed by atoms with van der Waals surface area (Å²) < 4.78 is 0. The maximum atomic E-state index is 12.3. The molecule has 0 saturated heterocycles. The van der Waals surface area contributed by atoms with E-state index < -0.39 is 0 Å². The highest BCUT2D eigenvalue weighted by atomic mass is 16.3. The van der Waals surface area contributed by atoms with Crippen molar-refractivity contribution < 1.29 is 9.90 Å². The van der Waals surface area contributed by atoms with Gasteiger partial charge in [0.1, 0.15) is 0 Å². The van der Waals surface area contributed by atoms with Crippen LogP contribution in [0.15, 0.2) is 54.6 Å². The molecule has 0 fully saturated rings. The Hall–Kier alpha value is -2.53. The Balaban J connectivity index is 2.03. The molecule has 2 aromatic carbocycles. The molecule has 2 rings (SSSR count). The minimum atomic E-state index is -0.284. The number of aliphatic hydroxyl groups is 1. The van der Waals surface area contributed by atoms with Crippen molar-refractivity contribution in [1.29, 1.82) is 0 Å². The number of anilines is 2. The van der Waals surface area contributed by atoms with E-state index in [0.29, 0.717) is 6.42 Å². The zero-order valence-electron chi connectivity index (χ0n) is 14.2. The van der Waals surface area contributed by atoms with E-state index in [4.69, 9.17) is 0 Å². The third kappa shape index (κ3) is 4.99. The largest absolute Gasteiger partial charge is 0.396 e. The van der Waals surface area contributed by atoms with Crippen LogP contribution in [0.5, 0.6) is 0 Å². The molecular formula is C19H25N3O2. The normalized spacial score (nSPS) is 11.6. The fourth-order valence-corrected chi connectivity index (χ4v) is 2.47. The number of carbonyl (C=O) groups excluding carboxylic acids is 1. The van der Waals surface area contributed by atoms with Crippen molar-refractivity contribution in [2.24, 2.45) is 0 Å². The summed E-state index contributed by atoms with van der Waals surface area (Å²) in [5.74, 6) is 0. The molecule has 0 radical (unpaired) electrons. The second-order valence-electron chi connectivity index (χ2n) is 5.64.